The predicted octanol–water partition coefficient (Wildman–Crippen LogP) is 1.05. The van der Waals surface area contributed by atoms with E-state index in [4.69, 9.17) is 10.5 Å². The van der Waals surface area contributed by atoms with Crippen LogP contribution in [0, 0.1) is 17.7 Å². The van der Waals surface area contributed by atoms with Gasteiger partial charge in [-0.2, -0.15) is 0 Å². The first-order chi connectivity index (χ1) is 18.5. The largest absolute Gasteiger partial charge is 0.473 e. The number of halogens is 1. The third-order valence-electron chi connectivity index (χ3n) is 8.06. The van der Waals surface area contributed by atoms with Crippen LogP contribution < -0.4 is 21.1 Å². The number of nitrogens with two attached hydrogens (primary N) is 1. The Kier molecular flexibility index (Phi) is 6.85. The van der Waals surface area contributed by atoms with E-state index in [1.54, 1.807) is 0 Å². The molecule has 0 unspecified atom stereocenters. The number of primary amides is 1. The van der Waals surface area contributed by atoms with E-state index in [9.17, 15) is 33.5 Å². The van der Waals surface area contributed by atoms with Gasteiger partial charge in [-0.05, 0) is 36.8 Å². The van der Waals surface area contributed by atoms with E-state index < -0.39 is 59.3 Å². The molecule has 5 amide bonds. The number of benzene rings is 1. The van der Waals surface area contributed by atoms with Gasteiger partial charge in [0.25, 0.3) is 5.91 Å². The van der Waals surface area contributed by atoms with Gasteiger partial charge in [-0.1, -0.05) is 25.7 Å². The SMILES string of the molecule is CN(C(=O)[C@H](CC1CC1)NC(=O)O)[C@@H](CC1CC1)C(=O)N1C[C@@]2(C[C@H]1C(N)=O)Oc1ccc(F)cc1NC2=O. The smallest absolute Gasteiger partial charge is 0.405 e. The van der Waals surface area contributed by atoms with Crippen molar-refractivity contribution < 1.29 is 38.2 Å². The third-order valence-corrected chi connectivity index (χ3v) is 8.06. The number of carbonyl (C=O) groups excluding carboxylic acids is 4. The Hall–Kier alpha value is -3.90. The summed E-state index contributed by atoms with van der Waals surface area (Å²) in [5.41, 5.74) is 4.17. The molecule has 2 aliphatic carbocycles. The molecule has 2 saturated carbocycles. The first-order valence-corrected chi connectivity index (χ1v) is 13.1. The first-order valence-electron chi connectivity index (χ1n) is 13.1. The lowest BCUT2D eigenvalue weighted by molar-refractivity contribution is -0.148. The molecule has 2 heterocycles. The van der Waals surface area contributed by atoms with Crippen LogP contribution >= 0.6 is 0 Å². The number of ether oxygens (including phenoxy) is 1. The zero-order valence-electron chi connectivity index (χ0n) is 21.5. The van der Waals surface area contributed by atoms with Crippen LogP contribution in [-0.2, 0) is 19.2 Å². The van der Waals surface area contributed by atoms with E-state index in [0.29, 0.717) is 12.8 Å². The van der Waals surface area contributed by atoms with E-state index in [-0.39, 0.29) is 36.2 Å². The number of hydrogen-bond donors (Lipinski definition) is 4. The van der Waals surface area contributed by atoms with E-state index in [2.05, 4.69) is 10.6 Å². The molecule has 2 aliphatic heterocycles. The first kappa shape index (κ1) is 26.7. The van der Waals surface area contributed by atoms with Crippen LogP contribution in [0.25, 0.3) is 0 Å². The summed E-state index contributed by atoms with van der Waals surface area (Å²) in [7, 11) is 1.45. The monoisotopic (exact) mass is 545 g/mol. The van der Waals surface area contributed by atoms with E-state index >= 15 is 0 Å². The van der Waals surface area contributed by atoms with Crippen LogP contribution in [0.15, 0.2) is 18.2 Å². The number of likely N-dealkylation sites (N-methyl/N-ethyl adjacent to an activating group) is 1. The lowest BCUT2D eigenvalue weighted by atomic mass is 9.96. The molecule has 0 aromatic heterocycles. The van der Waals surface area contributed by atoms with Gasteiger partial charge in [0.2, 0.25) is 23.3 Å². The molecule has 12 nitrogen and oxygen atoms in total. The average Bonchev–Trinajstić information content (AvgIpc) is 3.81. The van der Waals surface area contributed by atoms with Gasteiger partial charge in [-0.25, -0.2) is 9.18 Å². The summed E-state index contributed by atoms with van der Waals surface area (Å²) in [6, 6.07) is 0.452. The Morgan fingerprint density at radius 1 is 1.23 bits per heavy atom. The van der Waals surface area contributed by atoms with Gasteiger partial charge >= 0.3 is 6.09 Å². The minimum atomic E-state index is -1.63. The van der Waals surface area contributed by atoms with Crippen LogP contribution in [0.4, 0.5) is 14.9 Å². The molecule has 4 atom stereocenters. The topological polar surface area (TPSA) is 171 Å². The Labute approximate surface area is 224 Å². The zero-order valence-corrected chi connectivity index (χ0v) is 21.5. The molecular weight excluding hydrogens is 513 g/mol. The number of fused-ring (bicyclic) bond motifs is 1. The van der Waals surface area contributed by atoms with Crippen LogP contribution in [0.5, 0.6) is 5.75 Å². The van der Waals surface area contributed by atoms with Crippen LogP contribution in [-0.4, -0.2) is 81.9 Å². The second-order valence-electron chi connectivity index (χ2n) is 11.1. The fourth-order valence-electron chi connectivity index (χ4n) is 5.52. The number of amides is 5. The van der Waals surface area contributed by atoms with Gasteiger partial charge in [-0.3, -0.25) is 19.2 Å². The number of nitrogens with one attached hydrogen (secondary N) is 2. The highest BCUT2D eigenvalue weighted by Crippen LogP contribution is 2.42. The van der Waals surface area contributed by atoms with Crippen molar-refractivity contribution >= 4 is 35.4 Å². The lowest BCUT2D eigenvalue weighted by Crippen LogP contribution is -2.58. The predicted molar refractivity (Wildman–Crippen MR) is 134 cm³/mol. The summed E-state index contributed by atoms with van der Waals surface area (Å²) < 4.78 is 19.7. The van der Waals surface area contributed by atoms with Crippen molar-refractivity contribution in [3.05, 3.63) is 24.0 Å². The maximum absolute atomic E-state index is 14.0. The second-order valence-corrected chi connectivity index (χ2v) is 11.1. The Morgan fingerprint density at radius 3 is 2.51 bits per heavy atom. The Morgan fingerprint density at radius 2 is 1.90 bits per heavy atom. The average molecular weight is 546 g/mol. The van der Waals surface area contributed by atoms with Gasteiger partial charge in [0.15, 0.2) is 0 Å². The molecular formula is C26H32FN5O7. The maximum Gasteiger partial charge on any atom is 0.405 e. The normalized spacial score (nSPS) is 25.2. The fraction of sp³-hybridized carbons (Fsp3) is 0.577. The van der Waals surface area contributed by atoms with Crippen molar-refractivity contribution in [2.75, 3.05) is 18.9 Å². The molecule has 5 rings (SSSR count). The lowest BCUT2D eigenvalue weighted by Gasteiger charge is -2.36. The third kappa shape index (κ3) is 5.48. The molecule has 210 valence electrons. The summed E-state index contributed by atoms with van der Waals surface area (Å²) in [6.07, 6.45) is 2.71. The van der Waals surface area contributed by atoms with Crippen molar-refractivity contribution in [3.8, 4) is 5.75 Å². The summed E-state index contributed by atoms with van der Waals surface area (Å²) >= 11 is 0. The van der Waals surface area contributed by atoms with Gasteiger partial charge in [0.05, 0.1) is 12.2 Å². The highest BCUT2D eigenvalue weighted by molar-refractivity contribution is 6.03. The molecule has 0 radical (unpaired) electrons. The van der Waals surface area contributed by atoms with Crippen molar-refractivity contribution in [3.63, 3.8) is 0 Å². The zero-order chi connectivity index (χ0) is 28.1. The number of likely N-dealkylation sites (tertiary alicyclic amines) is 1. The molecule has 4 aliphatic rings. The van der Waals surface area contributed by atoms with Crippen molar-refractivity contribution in [1.82, 2.24) is 15.1 Å². The van der Waals surface area contributed by atoms with Gasteiger partial charge < -0.3 is 36.0 Å². The number of carboxylic acid groups (broad SMARTS) is 1. The highest BCUT2D eigenvalue weighted by atomic mass is 19.1. The molecule has 5 N–H and O–H groups in total. The van der Waals surface area contributed by atoms with Crippen LogP contribution in [0.1, 0.15) is 44.9 Å². The van der Waals surface area contributed by atoms with E-state index in [0.717, 1.165) is 31.7 Å². The van der Waals surface area contributed by atoms with Gasteiger partial charge in [0, 0.05) is 19.5 Å². The summed E-state index contributed by atoms with van der Waals surface area (Å²) in [4.78, 5) is 66.9. The van der Waals surface area contributed by atoms with E-state index in [1.165, 1.54) is 29.0 Å². The minimum Gasteiger partial charge on any atom is -0.473 e. The molecule has 1 spiro atoms. The molecule has 1 aromatic carbocycles. The van der Waals surface area contributed by atoms with Crippen molar-refractivity contribution in [2.24, 2.45) is 17.6 Å². The summed E-state index contributed by atoms with van der Waals surface area (Å²) in [6.45, 7) is -0.301. The standard InChI is InChI=1S/C26H32FN5O7/c1-31(22(34)17(30-25(37)38)8-13-2-3-13)18(9-14-4-5-14)23(35)32-12-26(11-19(32)21(28)33)24(36)29-16-10-15(27)6-7-20(16)39-26/h6-7,10,13-14,17-19,30H,2-5,8-9,11-12H2,1H3,(H2,28,33)(H,29,36)(H,37,38)/t17-,18-,19-,26+/m0/s1. The van der Waals surface area contributed by atoms with E-state index in [1.807, 2.05) is 0 Å². The number of anilines is 1. The fourth-order valence-corrected chi connectivity index (χ4v) is 5.52. The molecule has 13 heteroatoms. The Balaban J connectivity index is 1.40. The van der Waals surface area contributed by atoms with Crippen molar-refractivity contribution in [2.45, 2.75) is 68.7 Å². The number of hydrogen-bond acceptors (Lipinski definition) is 6. The molecule has 1 saturated heterocycles. The summed E-state index contributed by atoms with van der Waals surface area (Å²) in [5, 5.41) is 14.2. The van der Waals surface area contributed by atoms with Gasteiger partial charge in [-0.15, -0.1) is 0 Å². The number of nitrogens with zero attached hydrogens (tertiary/aromatic N) is 2. The van der Waals surface area contributed by atoms with Gasteiger partial charge in [0.1, 0.15) is 29.7 Å². The molecule has 0 bridgehead atoms. The second kappa shape index (κ2) is 10.0. The van der Waals surface area contributed by atoms with Crippen LogP contribution in [0.2, 0.25) is 0 Å². The minimum absolute atomic E-state index is 0.135. The highest BCUT2D eigenvalue weighted by Gasteiger charge is 2.57. The number of rotatable bonds is 9. The molecule has 1 aromatic rings. The number of carbonyl (C=O) groups is 5. The van der Waals surface area contributed by atoms with Crippen LogP contribution in [0.3, 0.4) is 0 Å². The summed E-state index contributed by atoms with van der Waals surface area (Å²) in [5.74, 6) is -2.51. The molecule has 39 heavy (non-hydrogen) atoms. The quantitative estimate of drug-likeness (QED) is 0.359. The van der Waals surface area contributed by atoms with Crippen molar-refractivity contribution in [1.29, 1.82) is 0 Å². The molecule has 3 fully saturated rings. The Bertz CT molecular complexity index is 1220. The maximum atomic E-state index is 14.0.